The van der Waals surface area contributed by atoms with E-state index in [1.807, 2.05) is 0 Å². The Hall–Kier alpha value is -2.83. The summed E-state index contributed by atoms with van der Waals surface area (Å²) < 4.78 is 4.57. The number of rotatable bonds is 4. The molecule has 0 bridgehead atoms. The smallest absolute Gasteiger partial charge is 0.324 e. The fourth-order valence-corrected chi connectivity index (χ4v) is 1.44. The first-order valence-corrected chi connectivity index (χ1v) is 5.42. The zero-order chi connectivity index (χ0) is 13.7. The monoisotopic (exact) mass is 261 g/mol. The number of aromatic nitrogens is 1. The van der Waals surface area contributed by atoms with Crippen LogP contribution in [0.15, 0.2) is 41.1 Å². The molecule has 0 aliphatic carbocycles. The number of nitrogens with zero attached hydrogens (tertiary/aromatic N) is 1. The summed E-state index contributed by atoms with van der Waals surface area (Å²) in [7, 11) is 0. The van der Waals surface area contributed by atoms with E-state index in [0.29, 0.717) is 17.1 Å². The number of carboxylic acid groups (broad SMARTS) is 1. The third-order valence-electron chi connectivity index (χ3n) is 2.25. The van der Waals surface area contributed by atoms with Crippen molar-refractivity contribution in [2.45, 2.75) is 6.42 Å². The Labute approximate surface area is 108 Å². The highest BCUT2D eigenvalue weighted by molar-refractivity contribution is 5.99. The number of benzene rings is 1. The van der Waals surface area contributed by atoms with E-state index in [4.69, 9.17) is 5.11 Å². The molecule has 2 rings (SSSR count). The quantitative estimate of drug-likeness (QED) is 0.780. The van der Waals surface area contributed by atoms with E-state index in [1.54, 1.807) is 24.3 Å². The van der Waals surface area contributed by atoms with Crippen LogP contribution in [0, 0.1) is 0 Å². The van der Waals surface area contributed by atoms with Crippen LogP contribution in [0.4, 0.5) is 16.3 Å². The van der Waals surface area contributed by atoms with Gasteiger partial charge >= 0.3 is 12.0 Å². The van der Waals surface area contributed by atoms with Crippen molar-refractivity contribution < 1.29 is 19.2 Å². The summed E-state index contributed by atoms with van der Waals surface area (Å²) in [6.45, 7) is 0. The highest BCUT2D eigenvalue weighted by Gasteiger charge is 2.05. The van der Waals surface area contributed by atoms with Crippen LogP contribution in [0.25, 0.3) is 0 Å². The van der Waals surface area contributed by atoms with Crippen molar-refractivity contribution in [1.82, 2.24) is 5.16 Å². The summed E-state index contributed by atoms with van der Waals surface area (Å²) in [6.07, 6.45) is 1.29. The van der Waals surface area contributed by atoms with Crippen molar-refractivity contribution >= 4 is 23.5 Å². The Balaban J connectivity index is 1.92. The number of carbonyl (C=O) groups is 2. The molecule has 0 aliphatic rings. The molecule has 2 aromatic rings. The summed E-state index contributed by atoms with van der Waals surface area (Å²) in [5.74, 6) is -0.593. The number of nitrogens with one attached hydrogen (secondary N) is 2. The summed E-state index contributed by atoms with van der Waals surface area (Å²) in [4.78, 5) is 22.1. The molecule has 7 nitrogen and oxygen atoms in total. The number of anilines is 2. The van der Waals surface area contributed by atoms with Crippen molar-refractivity contribution in [3.8, 4) is 0 Å². The molecule has 0 fully saturated rings. The van der Waals surface area contributed by atoms with Gasteiger partial charge in [-0.3, -0.25) is 10.1 Å². The molecule has 1 aromatic carbocycles. The average molecular weight is 261 g/mol. The van der Waals surface area contributed by atoms with Crippen LogP contribution in [-0.4, -0.2) is 22.3 Å². The second kappa shape index (κ2) is 5.67. The van der Waals surface area contributed by atoms with E-state index in [-0.39, 0.29) is 6.42 Å². The van der Waals surface area contributed by atoms with Crippen LogP contribution in [-0.2, 0) is 11.2 Å². The fourth-order valence-electron chi connectivity index (χ4n) is 1.44. The Morgan fingerprint density at radius 3 is 2.47 bits per heavy atom. The molecule has 0 saturated carbocycles. The molecule has 19 heavy (non-hydrogen) atoms. The SMILES string of the molecule is O=C(O)Cc1ccc(NC(=O)Nc2ccon2)cc1. The zero-order valence-corrected chi connectivity index (χ0v) is 9.79. The first kappa shape index (κ1) is 12.6. The van der Waals surface area contributed by atoms with Gasteiger partial charge in [-0.15, -0.1) is 0 Å². The lowest BCUT2D eigenvalue weighted by Crippen LogP contribution is -2.19. The molecule has 0 aliphatic heterocycles. The van der Waals surface area contributed by atoms with E-state index in [1.165, 1.54) is 12.3 Å². The van der Waals surface area contributed by atoms with E-state index < -0.39 is 12.0 Å². The number of hydrogen-bond acceptors (Lipinski definition) is 4. The summed E-state index contributed by atoms with van der Waals surface area (Å²) >= 11 is 0. The van der Waals surface area contributed by atoms with E-state index in [9.17, 15) is 9.59 Å². The van der Waals surface area contributed by atoms with Crippen LogP contribution in [0.3, 0.4) is 0 Å². The fraction of sp³-hybridized carbons (Fsp3) is 0.0833. The second-order valence-corrected chi connectivity index (χ2v) is 3.73. The first-order valence-electron chi connectivity index (χ1n) is 5.42. The number of carboxylic acids is 1. The maximum Gasteiger partial charge on any atom is 0.324 e. The van der Waals surface area contributed by atoms with Gasteiger partial charge in [-0.05, 0) is 17.7 Å². The Kier molecular flexibility index (Phi) is 3.77. The van der Waals surface area contributed by atoms with Crippen LogP contribution < -0.4 is 10.6 Å². The summed E-state index contributed by atoms with van der Waals surface area (Å²) in [5.41, 5.74) is 1.21. The van der Waals surface area contributed by atoms with Crippen molar-refractivity contribution in [2.75, 3.05) is 10.6 Å². The van der Waals surface area contributed by atoms with E-state index in [2.05, 4.69) is 20.3 Å². The number of hydrogen-bond donors (Lipinski definition) is 3. The van der Waals surface area contributed by atoms with E-state index >= 15 is 0 Å². The molecule has 0 unspecified atom stereocenters. The molecule has 0 spiro atoms. The molecule has 2 amide bonds. The van der Waals surface area contributed by atoms with Gasteiger partial charge in [-0.25, -0.2) is 4.79 Å². The molecule has 7 heteroatoms. The maximum atomic E-state index is 11.5. The average Bonchev–Trinajstić information content (AvgIpc) is 2.83. The van der Waals surface area contributed by atoms with Gasteiger partial charge in [0.25, 0.3) is 0 Å². The van der Waals surface area contributed by atoms with Crippen molar-refractivity contribution in [3.05, 3.63) is 42.2 Å². The van der Waals surface area contributed by atoms with Gasteiger partial charge in [0.15, 0.2) is 5.82 Å². The molecule has 0 atom stereocenters. The molecule has 1 heterocycles. The van der Waals surface area contributed by atoms with Crippen molar-refractivity contribution in [3.63, 3.8) is 0 Å². The lowest BCUT2D eigenvalue weighted by Gasteiger charge is -2.05. The Morgan fingerprint density at radius 1 is 1.16 bits per heavy atom. The molecule has 1 aromatic heterocycles. The van der Waals surface area contributed by atoms with Gasteiger partial charge in [-0.1, -0.05) is 17.3 Å². The maximum absolute atomic E-state index is 11.5. The minimum absolute atomic E-state index is 0.0502. The summed E-state index contributed by atoms with van der Waals surface area (Å²) in [5, 5.41) is 17.2. The number of aliphatic carboxylic acids is 1. The van der Waals surface area contributed by atoms with E-state index in [0.717, 1.165) is 0 Å². The standard InChI is InChI=1S/C12H11N3O4/c16-11(17)7-8-1-3-9(4-2-8)13-12(18)14-10-5-6-19-15-10/h1-6H,7H2,(H,16,17)(H2,13,14,15,18). The number of carbonyl (C=O) groups excluding carboxylic acids is 1. The van der Waals surface area contributed by atoms with Gasteiger partial charge in [0.05, 0.1) is 6.42 Å². The van der Waals surface area contributed by atoms with Crippen LogP contribution >= 0.6 is 0 Å². The zero-order valence-electron chi connectivity index (χ0n) is 9.79. The minimum Gasteiger partial charge on any atom is -0.481 e. The number of urea groups is 1. The first-order chi connectivity index (χ1) is 9.13. The topological polar surface area (TPSA) is 104 Å². The van der Waals surface area contributed by atoms with Crippen LogP contribution in [0.2, 0.25) is 0 Å². The van der Waals surface area contributed by atoms with Crippen molar-refractivity contribution in [1.29, 1.82) is 0 Å². The van der Waals surface area contributed by atoms with Gasteiger partial charge in [-0.2, -0.15) is 0 Å². The van der Waals surface area contributed by atoms with Gasteiger partial charge < -0.3 is 14.9 Å². The lowest BCUT2D eigenvalue weighted by atomic mass is 10.1. The van der Waals surface area contributed by atoms with Crippen molar-refractivity contribution in [2.24, 2.45) is 0 Å². The Bertz CT molecular complexity index is 563. The molecular formula is C12H11N3O4. The minimum atomic E-state index is -0.899. The molecule has 3 N–H and O–H groups in total. The predicted octanol–water partition coefficient (Wildman–Crippen LogP) is 1.95. The molecular weight excluding hydrogens is 250 g/mol. The third-order valence-corrected chi connectivity index (χ3v) is 2.25. The van der Waals surface area contributed by atoms with Gasteiger partial charge in [0, 0.05) is 11.8 Å². The highest BCUT2D eigenvalue weighted by atomic mass is 16.5. The molecule has 98 valence electrons. The number of amides is 2. The normalized spacial score (nSPS) is 9.89. The van der Waals surface area contributed by atoms with Crippen LogP contribution in [0.5, 0.6) is 0 Å². The third kappa shape index (κ3) is 3.84. The predicted molar refractivity (Wildman–Crippen MR) is 66.9 cm³/mol. The van der Waals surface area contributed by atoms with Gasteiger partial charge in [0.2, 0.25) is 0 Å². The second-order valence-electron chi connectivity index (χ2n) is 3.73. The largest absolute Gasteiger partial charge is 0.481 e. The summed E-state index contributed by atoms with van der Waals surface area (Å²) in [6, 6.07) is 7.58. The molecule has 0 radical (unpaired) electrons. The van der Waals surface area contributed by atoms with Gasteiger partial charge in [0.1, 0.15) is 6.26 Å². The lowest BCUT2D eigenvalue weighted by molar-refractivity contribution is -0.136. The molecule has 0 saturated heterocycles. The Morgan fingerprint density at radius 2 is 1.89 bits per heavy atom. The highest BCUT2D eigenvalue weighted by Crippen LogP contribution is 2.11. The van der Waals surface area contributed by atoms with Crippen LogP contribution in [0.1, 0.15) is 5.56 Å².